The van der Waals surface area contributed by atoms with Crippen LogP contribution in [0.15, 0.2) is 0 Å². The fourth-order valence-corrected chi connectivity index (χ4v) is 5.99. The number of unbranched alkanes of at least 4 members (excludes halogenated alkanes) is 22. The Labute approximate surface area is 276 Å². The Bertz CT molecular complexity index is 724. The number of esters is 2. The van der Waals surface area contributed by atoms with E-state index in [0.29, 0.717) is 6.42 Å². The van der Waals surface area contributed by atoms with Crippen molar-refractivity contribution in [3.63, 3.8) is 0 Å². The van der Waals surface area contributed by atoms with Crippen LogP contribution in [0.3, 0.4) is 0 Å². The molecule has 0 saturated carbocycles. The van der Waals surface area contributed by atoms with Crippen LogP contribution in [0, 0.1) is 0 Å². The minimum atomic E-state index is -4.36. The topological polar surface area (TPSA) is 134 Å². The number of hydrogen-bond donors (Lipinski definition) is 2. The molecule has 0 radical (unpaired) electrons. The maximum atomic E-state index is 12.5. The summed E-state index contributed by atoms with van der Waals surface area (Å²) in [5.74, 6) is -0.824. The van der Waals surface area contributed by atoms with E-state index in [4.69, 9.17) is 24.3 Å². The fraction of sp³-hybridized carbons (Fsp3) is 0.943. The molecule has 10 heteroatoms. The Kier molecular flexibility index (Phi) is 32.2. The van der Waals surface area contributed by atoms with Crippen LogP contribution in [-0.2, 0) is 32.7 Å². The van der Waals surface area contributed by atoms with E-state index in [1.807, 2.05) is 0 Å². The maximum Gasteiger partial charge on any atom is 0.472 e. The molecular weight excluding hydrogens is 593 g/mol. The van der Waals surface area contributed by atoms with Crippen LogP contribution in [0.5, 0.6) is 0 Å². The highest BCUT2D eigenvalue weighted by Crippen LogP contribution is 2.43. The van der Waals surface area contributed by atoms with Crippen molar-refractivity contribution in [2.45, 2.75) is 187 Å². The summed E-state index contributed by atoms with van der Waals surface area (Å²) in [6.07, 6.45) is 28.6. The lowest BCUT2D eigenvalue weighted by Gasteiger charge is -2.19. The Morgan fingerprint density at radius 2 is 0.956 bits per heavy atom. The highest BCUT2D eigenvalue weighted by atomic mass is 31.2. The van der Waals surface area contributed by atoms with Crippen molar-refractivity contribution in [1.82, 2.24) is 0 Å². The third-order valence-corrected chi connectivity index (χ3v) is 8.98. The molecule has 0 aliphatic carbocycles. The number of carbonyl (C=O) groups is 2. The molecule has 45 heavy (non-hydrogen) atoms. The maximum absolute atomic E-state index is 12.5. The van der Waals surface area contributed by atoms with Gasteiger partial charge in [0.05, 0.1) is 13.2 Å². The molecule has 268 valence electrons. The van der Waals surface area contributed by atoms with E-state index in [9.17, 15) is 19.0 Å². The number of carbonyl (C=O) groups excluding carboxylic acids is 2. The SMILES string of the molecule is CCCCCCCCCCCCCCCCCCC(=O)O[C@H](COC(=O)CCCCCCCCCC)COP(=O)(O)OCCN. The summed E-state index contributed by atoms with van der Waals surface area (Å²) in [6.45, 7) is 3.71. The number of ether oxygens (including phenoxy) is 2. The molecule has 0 rings (SSSR count). The summed E-state index contributed by atoms with van der Waals surface area (Å²) in [5, 5.41) is 0. The Balaban J connectivity index is 4.15. The van der Waals surface area contributed by atoms with Gasteiger partial charge >= 0.3 is 19.8 Å². The second-order valence-corrected chi connectivity index (χ2v) is 13.9. The van der Waals surface area contributed by atoms with Crippen LogP contribution in [-0.4, -0.2) is 49.3 Å². The van der Waals surface area contributed by atoms with Crippen LogP contribution >= 0.6 is 7.82 Å². The number of rotatable bonds is 35. The predicted molar refractivity (Wildman–Crippen MR) is 183 cm³/mol. The average molecular weight is 664 g/mol. The quantitative estimate of drug-likeness (QED) is 0.0386. The highest BCUT2D eigenvalue weighted by Gasteiger charge is 2.25. The molecule has 3 N–H and O–H groups in total. The van der Waals surface area contributed by atoms with Gasteiger partial charge in [-0.05, 0) is 12.8 Å². The summed E-state index contributed by atoms with van der Waals surface area (Å²) >= 11 is 0. The average Bonchev–Trinajstić information content (AvgIpc) is 3.02. The van der Waals surface area contributed by atoms with Crippen molar-refractivity contribution in [2.24, 2.45) is 5.73 Å². The number of nitrogens with two attached hydrogens (primary N) is 1. The lowest BCUT2D eigenvalue weighted by atomic mass is 10.0. The third kappa shape index (κ3) is 32.7. The zero-order valence-corrected chi connectivity index (χ0v) is 30.0. The molecule has 0 spiro atoms. The van der Waals surface area contributed by atoms with Gasteiger partial charge in [0.2, 0.25) is 0 Å². The molecule has 0 aromatic carbocycles. The molecule has 9 nitrogen and oxygen atoms in total. The number of phosphoric acid groups is 1. The van der Waals surface area contributed by atoms with Crippen LogP contribution < -0.4 is 5.73 Å². The smallest absolute Gasteiger partial charge is 0.462 e. The summed E-state index contributed by atoms with van der Waals surface area (Å²) in [7, 11) is -4.36. The molecule has 2 atom stereocenters. The molecule has 0 heterocycles. The normalized spacial score (nSPS) is 13.4. The zero-order valence-electron chi connectivity index (χ0n) is 29.1. The molecule has 0 amide bonds. The minimum Gasteiger partial charge on any atom is -0.462 e. The van der Waals surface area contributed by atoms with Gasteiger partial charge < -0.3 is 20.1 Å². The van der Waals surface area contributed by atoms with Crippen molar-refractivity contribution >= 4 is 19.8 Å². The first-order chi connectivity index (χ1) is 21.8. The highest BCUT2D eigenvalue weighted by molar-refractivity contribution is 7.47. The van der Waals surface area contributed by atoms with E-state index in [-0.39, 0.29) is 38.6 Å². The van der Waals surface area contributed by atoms with Gasteiger partial charge in [-0.1, -0.05) is 155 Å². The van der Waals surface area contributed by atoms with Crippen molar-refractivity contribution in [2.75, 3.05) is 26.4 Å². The van der Waals surface area contributed by atoms with Crippen LogP contribution in [0.25, 0.3) is 0 Å². The van der Waals surface area contributed by atoms with Crippen molar-refractivity contribution < 1.29 is 37.6 Å². The zero-order chi connectivity index (χ0) is 33.3. The van der Waals surface area contributed by atoms with Gasteiger partial charge in [-0.25, -0.2) is 4.57 Å². The molecule has 0 aromatic heterocycles. The first-order valence-corrected chi connectivity index (χ1v) is 20.0. The van der Waals surface area contributed by atoms with E-state index in [0.717, 1.165) is 32.1 Å². The van der Waals surface area contributed by atoms with Gasteiger partial charge in [0.15, 0.2) is 6.10 Å². The first kappa shape index (κ1) is 44.0. The molecule has 0 bridgehead atoms. The number of hydrogen-bond acceptors (Lipinski definition) is 8. The molecule has 1 unspecified atom stereocenters. The largest absolute Gasteiger partial charge is 0.472 e. The van der Waals surface area contributed by atoms with E-state index in [2.05, 4.69) is 13.8 Å². The summed E-state index contributed by atoms with van der Waals surface area (Å²) < 4.78 is 32.5. The van der Waals surface area contributed by atoms with Gasteiger partial charge in [-0.3, -0.25) is 18.6 Å². The van der Waals surface area contributed by atoms with E-state index in [1.165, 1.54) is 116 Å². The number of phosphoric ester groups is 1. The van der Waals surface area contributed by atoms with Gasteiger partial charge in [-0.15, -0.1) is 0 Å². The standard InChI is InChI=1S/C35H70NO8P/c1-3-5-7-9-11-13-14-15-16-17-18-19-20-22-24-26-28-35(38)44-33(32-43-45(39,40)42-30-29-36)31-41-34(37)27-25-23-21-12-10-8-6-4-2/h33H,3-32,36H2,1-2H3,(H,39,40)/t33-/m1/s1. The third-order valence-electron chi connectivity index (χ3n) is 7.99. The minimum absolute atomic E-state index is 0.0575. The van der Waals surface area contributed by atoms with E-state index >= 15 is 0 Å². The molecular formula is C35H70NO8P. The first-order valence-electron chi connectivity index (χ1n) is 18.5. The second-order valence-electron chi connectivity index (χ2n) is 12.5. The second kappa shape index (κ2) is 32.9. The van der Waals surface area contributed by atoms with Crippen LogP contribution in [0.4, 0.5) is 0 Å². The lowest BCUT2D eigenvalue weighted by Crippen LogP contribution is -2.29. The fourth-order valence-electron chi connectivity index (χ4n) is 5.22. The molecule has 0 aliphatic heterocycles. The Morgan fingerprint density at radius 1 is 0.578 bits per heavy atom. The van der Waals surface area contributed by atoms with Gasteiger partial charge in [0, 0.05) is 19.4 Å². The Morgan fingerprint density at radius 3 is 1.36 bits per heavy atom. The van der Waals surface area contributed by atoms with Gasteiger partial charge in [0.25, 0.3) is 0 Å². The van der Waals surface area contributed by atoms with E-state index < -0.39 is 26.5 Å². The molecule has 0 aromatic rings. The predicted octanol–water partition coefficient (Wildman–Crippen LogP) is 9.72. The van der Waals surface area contributed by atoms with Crippen LogP contribution in [0.1, 0.15) is 181 Å². The van der Waals surface area contributed by atoms with Crippen molar-refractivity contribution in [3.8, 4) is 0 Å². The van der Waals surface area contributed by atoms with Gasteiger partial charge in [-0.2, -0.15) is 0 Å². The van der Waals surface area contributed by atoms with Crippen LogP contribution in [0.2, 0.25) is 0 Å². The van der Waals surface area contributed by atoms with Crippen molar-refractivity contribution in [1.29, 1.82) is 0 Å². The lowest BCUT2D eigenvalue weighted by molar-refractivity contribution is -0.161. The molecule has 0 saturated heterocycles. The molecule has 0 aliphatic rings. The summed E-state index contributed by atoms with van der Waals surface area (Å²) in [5.41, 5.74) is 5.32. The van der Waals surface area contributed by atoms with Gasteiger partial charge in [0.1, 0.15) is 6.61 Å². The monoisotopic (exact) mass is 663 g/mol. The Hall–Kier alpha value is -0.990. The van der Waals surface area contributed by atoms with E-state index in [1.54, 1.807) is 0 Å². The summed E-state index contributed by atoms with van der Waals surface area (Å²) in [6, 6.07) is 0. The molecule has 0 fully saturated rings. The van der Waals surface area contributed by atoms with Crippen molar-refractivity contribution in [3.05, 3.63) is 0 Å². The summed E-state index contributed by atoms with van der Waals surface area (Å²) in [4.78, 5) is 34.5.